The summed E-state index contributed by atoms with van der Waals surface area (Å²) in [4.78, 5) is 74.0. The first kappa shape index (κ1) is 35.6. The van der Waals surface area contributed by atoms with Crippen LogP contribution >= 0.6 is 11.8 Å². The molecule has 2 aromatic carbocycles. The molecule has 0 aliphatic carbocycles. The van der Waals surface area contributed by atoms with Crippen LogP contribution in [0.15, 0.2) is 54.6 Å². The number of benzene rings is 2. The third-order valence-electron chi connectivity index (χ3n) is 6.20. The van der Waals surface area contributed by atoms with Gasteiger partial charge in [0.25, 0.3) is 0 Å². The standard InChI is InChI=1S/C29H38N6O8S/c1-44-12-11-21(30)27(41)35-23(14-19-7-9-20(36)10-8-19)29(43)33-16-25(38)34-22(13-18-5-3-2-4-6-18)28(42)32-15-24(37)31-17-26(39)40/h2-10,21-23,36H,11-17,30H2,1H3,(H,31,37)(H,32,42)(H,33,43)(H,34,38)(H,35,41)(H,39,40)/t21-,22-,23-/m0/s1. The molecule has 14 nitrogen and oxygen atoms in total. The van der Waals surface area contributed by atoms with Crippen LogP contribution in [-0.4, -0.2) is 95.5 Å². The molecule has 238 valence electrons. The number of phenols is 1. The van der Waals surface area contributed by atoms with E-state index in [9.17, 15) is 33.9 Å². The molecule has 0 saturated carbocycles. The van der Waals surface area contributed by atoms with Gasteiger partial charge in [0, 0.05) is 12.8 Å². The summed E-state index contributed by atoms with van der Waals surface area (Å²) >= 11 is 1.53. The Morgan fingerprint density at radius 1 is 0.727 bits per heavy atom. The Kier molecular flexibility index (Phi) is 15.2. The van der Waals surface area contributed by atoms with E-state index in [1.807, 2.05) is 6.26 Å². The van der Waals surface area contributed by atoms with E-state index in [-0.39, 0.29) is 18.6 Å². The topological polar surface area (TPSA) is 229 Å². The molecule has 3 atom stereocenters. The Morgan fingerprint density at radius 3 is 1.84 bits per heavy atom. The van der Waals surface area contributed by atoms with Crippen LogP contribution in [0.1, 0.15) is 17.5 Å². The first-order valence-corrected chi connectivity index (χ1v) is 15.1. The summed E-state index contributed by atoms with van der Waals surface area (Å²) in [5, 5.41) is 30.4. The molecule has 2 rings (SSSR count). The summed E-state index contributed by atoms with van der Waals surface area (Å²) in [7, 11) is 0. The lowest BCUT2D eigenvalue weighted by atomic mass is 10.0. The number of carboxylic acid groups (broad SMARTS) is 1. The van der Waals surface area contributed by atoms with Crippen LogP contribution in [0.4, 0.5) is 0 Å². The summed E-state index contributed by atoms with van der Waals surface area (Å²) in [6.07, 6.45) is 2.40. The molecule has 0 bridgehead atoms. The molecule has 5 amide bonds. The second kappa shape index (κ2) is 18.8. The molecule has 15 heteroatoms. The Hall–Kier alpha value is -4.63. The number of phenolic OH excluding ortho intramolecular Hbond substituents is 1. The predicted octanol–water partition coefficient (Wildman–Crippen LogP) is -1.34. The van der Waals surface area contributed by atoms with Crippen molar-refractivity contribution in [3.8, 4) is 5.75 Å². The Labute approximate surface area is 258 Å². The summed E-state index contributed by atoms with van der Waals surface area (Å²) in [6.45, 7) is -1.66. The number of rotatable bonds is 18. The molecule has 0 aliphatic heterocycles. The first-order valence-electron chi connectivity index (χ1n) is 13.7. The van der Waals surface area contributed by atoms with Crippen molar-refractivity contribution >= 4 is 47.3 Å². The molecule has 44 heavy (non-hydrogen) atoms. The van der Waals surface area contributed by atoms with Crippen molar-refractivity contribution < 1.29 is 39.0 Å². The van der Waals surface area contributed by atoms with E-state index >= 15 is 0 Å². The quantitative estimate of drug-likeness (QED) is 0.0966. The molecule has 0 radical (unpaired) electrons. The maximum absolute atomic E-state index is 13.1. The van der Waals surface area contributed by atoms with Crippen molar-refractivity contribution in [2.24, 2.45) is 5.73 Å². The third-order valence-corrected chi connectivity index (χ3v) is 6.84. The van der Waals surface area contributed by atoms with Gasteiger partial charge in [0.15, 0.2) is 0 Å². The highest BCUT2D eigenvalue weighted by atomic mass is 32.2. The zero-order valence-electron chi connectivity index (χ0n) is 24.2. The third kappa shape index (κ3) is 13.6. The fourth-order valence-corrected chi connectivity index (χ4v) is 4.34. The number of amides is 5. The number of carbonyl (C=O) groups is 6. The predicted molar refractivity (Wildman–Crippen MR) is 163 cm³/mol. The zero-order chi connectivity index (χ0) is 32.5. The van der Waals surface area contributed by atoms with Crippen molar-refractivity contribution in [3.05, 3.63) is 65.7 Å². The van der Waals surface area contributed by atoms with Crippen LogP contribution < -0.4 is 32.3 Å². The Bertz CT molecular complexity index is 1280. The molecule has 2 aromatic rings. The van der Waals surface area contributed by atoms with Crippen LogP contribution in [0.25, 0.3) is 0 Å². The molecule has 0 unspecified atom stereocenters. The molecular weight excluding hydrogens is 592 g/mol. The van der Waals surface area contributed by atoms with E-state index in [1.54, 1.807) is 42.5 Å². The fraction of sp³-hybridized carbons (Fsp3) is 0.379. The number of carbonyl (C=O) groups excluding carboxylic acids is 5. The van der Waals surface area contributed by atoms with Crippen molar-refractivity contribution in [1.29, 1.82) is 0 Å². The molecular formula is C29H38N6O8S. The summed E-state index contributed by atoms with van der Waals surface area (Å²) in [5.74, 6) is -3.91. The van der Waals surface area contributed by atoms with Gasteiger partial charge in [-0.2, -0.15) is 11.8 Å². The van der Waals surface area contributed by atoms with Crippen LogP contribution in [0.3, 0.4) is 0 Å². The first-order chi connectivity index (χ1) is 21.0. The molecule has 0 spiro atoms. The van der Waals surface area contributed by atoms with Crippen molar-refractivity contribution in [2.45, 2.75) is 37.4 Å². The molecule has 0 fully saturated rings. The zero-order valence-corrected chi connectivity index (χ0v) is 25.0. The maximum Gasteiger partial charge on any atom is 0.322 e. The number of aliphatic carboxylic acids is 1. The van der Waals surface area contributed by atoms with E-state index in [1.165, 1.54) is 23.9 Å². The number of nitrogens with one attached hydrogen (secondary N) is 5. The normalized spacial score (nSPS) is 12.6. The van der Waals surface area contributed by atoms with Gasteiger partial charge in [-0.3, -0.25) is 28.8 Å². The molecule has 9 N–H and O–H groups in total. The monoisotopic (exact) mass is 630 g/mol. The van der Waals surface area contributed by atoms with E-state index in [0.29, 0.717) is 23.3 Å². The van der Waals surface area contributed by atoms with E-state index in [2.05, 4.69) is 26.6 Å². The lowest BCUT2D eigenvalue weighted by Crippen LogP contribution is -2.55. The van der Waals surface area contributed by atoms with Gasteiger partial charge in [0.2, 0.25) is 29.5 Å². The van der Waals surface area contributed by atoms with Crippen LogP contribution in [0.5, 0.6) is 5.75 Å². The van der Waals surface area contributed by atoms with Crippen molar-refractivity contribution in [1.82, 2.24) is 26.6 Å². The molecule has 0 aliphatic rings. The summed E-state index contributed by atoms with van der Waals surface area (Å²) in [5.41, 5.74) is 7.31. The van der Waals surface area contributed by atoms with Gasteiger partial charge < -0.3 is 42.5 Å². The largest absolute Gasteiger partial charge is 0.508 e. The number of aromatic hydroxyl groups is 1. The molecule has 0 saturated heterocycles. The number of hydrogen-bond donors (Lipinski definition) is 8. The Morgan fingerprint density at radius 2 is 1.27 bits per heavy atom. The van der Waals surface area contributed by atoms with Gasteiger partial charge in [0.05, 0.1) is 19.1 Å². The van der Waals surface area contributed by atoms with Gasteiger partial charge in [0.1, 0.15) is 24.4 Å². The highest BCUT2D eigenvalue weighted by Crippen LogP contribution is 2.12. The minimum Gasteiger partial charge on any atom is -0.508 e. The number of nitrogens with two attached hydrogens (primary N) is 1. The number of carboxylic acids is 1. The van der Waals surface area contributed by atoms with Gasteiger partial charge in [-0.25, -0.2) is 0 Å². The number of thioether (sulfide) groups is 1. The Balaban J connectivity index is 2.06. The van der Waals surface area contributed by atoms with E-state index in [4.69, 9.17) is 10.8 Å². The molecule has 0 aromatic heterocycles. The number of hydrogen-bond acceptors (Lipinski definition) is 9. The highest BCUT2D eigenvalue weighted by Gasteiger charge is 2.26. The van der Waals surface area contributed by atoms with Crippen molar-refractivity contribution in [2.75, 3.05) is 31.6 Å². The lowest BCUT2D eigenvalue weighted by molar-refractivity contribution is -0.138. The lowest BCUT2D eigenvalue weighted by Gasteiger charge is -2.22. The SMILES string of the molecule is CSCC[C@H](N)C(=O)N[C@@H](Cc1ccc(O)cc1)C(=O)NCC(=O)N[C@@H](Cc1ccccc1)C(=O)NCC(=O)NCC(=O)O. The van der Waals surface area contributed by atoms with Gasteiger partial charge in [-0.05, 0) is 41.7 Å². The summed E-state index contributed by atoms with van der Waals surface area (Å²) < 4.78 is 0. The highest BCUT2D eigenvalue weighted by molar-refractivity contribution is 7.98. The summed E-state index contributed by atoms with van der Waals surface area (Å²) in [6, 6.07) is 11.8. The van der Waals surface area contributed by atoms with Gasteiger partial charge >= 0.3 is 5.97 Å². The second-order valence-electron chi connectivity index (χ2n) is 9.74. The van der Waals surface area contributed by atoms with Crippen LogP contribution in [0, 0.1) is 0 Å². The maximum atomic E-state index is 13.1. The fourth-order valence-electron chi connectivity index (χ4n) is 3.85. The van der Waals surface area contributed by atoms with Crippen LogP contribution in [0.2, 0.25) is 0 Å². The van der Waals surface area contributed by atoms with E-state index < -0.39 is 73.3 Å². The molecule has 0 heterocycles. The minimum absolute atomic E-state index is 0.0320. The van der Waals surface area contributed by atoms with E-state index in [0.717, 1.165) is 0 Å². The average molecular weight is 631 g/mol. The van der Waals surface area contributed by atoms with Crippen molar-refractivity contribution in [3.63, 3.8) is 0 Å². The second-order valence-corrected chi connectivity index (χ2v) is 10.7. The smallest absolute Gasteiger partial charge is 0.322 e. The van der Waals surface area contributed by atoms with Gasteiger partial charge in [-0.15, -0.1) is 0 Å². The average Bonchev–Trinajstić information content (AvgIpc) is 3.00. The minimum atomic E-state index is -1.25. The van der Waals surface area contributed by atoms with Crippen LogP contribution in [-0.2, 0) is 41.6 Å². The van der Waals surface area contributed by atoms with Gasteiger partial charge in [-0.1, -0.05) is 42.5 Å².